The molecule has 0 unspecified atom stereocenters. The molecule has 27 heavy (non-hydrogen) atoms. The summed E-state index contributed by atoms with van der Waals surface area (Å²) >= 11 is 6.04. The van der Waals surface area contributed by atoms with Gasteiger partial charge in [-0.3, -0.25) is 4.79 Å². The lowest BCUT2D eigenvalue weighted by Gasteiger charge is -2.07. The van der Waals surface area contributed by atoms with Gasteiger partial charge >= 0.3 is 5.97 Å². The van der Waals surface area contributed by atoms with Gasteiger partial charge in [0.25, 0.3) is 5.89 Å². The van der Waals surface area contributed by atoms with Crippen LogP contribution in [0, 0.1) is 0 Å². The molecular weight excluding hydrogens is 372 g/mol. The molecule has 1 heterocycles. The van der Waals surface area contributed by atoms with Crippen molar-refractivity contribution in [3.63, 3.8) is 0 Å². The van der Waals surface area contributed by atoms with E-state index in [0.717, 1.165) is 0 Å². The van der Waals surface area contributed by atoms with Crippen LogP contribution >= 0.6 is 11.6 Å². The van der Waals surface area contributed by atoms with Crippen LogP contribution in [-0.2, 0) is 22.6 Å². The van der Waals surface area contributed by atoms with Gasteiger partial charge in [0, 0.05) is 11.1 Å². The number of nitrogens with zero attached hydrogens (tertiary/aromatic N) is 2. The topological polar surface area (TPSA) is 83.7 Å². The second-order valence-electron chi connectivity index (χ2n) is 5.51. The van der Waals surface area contributed by atoms with Crippen LogP contribution in [0.5, 0.6) is 11.5 Å². The van der Waals surface area contributed by atoms with E-state index >= 15 is 0 Å². The number of benzene rings is 2. The normalized spacial score (nSPS) is 10.5. The number of hydrogen-bond acceptors (Lipinski definition) is 7. The first-order valence-corrected chi connectivity index (χ1v) is 8.42. The van der Waals surface area contributed by atoms with Gasteiger partial charge in [-0.2, -0.15) is 4.98 Å². The third-order valence-corrected chi connectivity index (χ3v) is 4.14. The maximum Gasteiger partial charge on any atom is 0.310 e. The van der Waals surface area contributed by atoms with Gasteiger partial charge in [0.2, 0.25) is 5.82 Å². The molecule has 0 radical (unpaired) electrons. The van der Waals surface area contributed by atoms with Crippen molar-refractivity contribution < 1.29 is 23.5 Å². The van der Waals surface area contributed by atoms with E-state index in [1.165, 1.54) is 7.11 Å². The molecule has 0 aliphatic heterocycles. The Morgan fingerprint density at radius 3 is 2.70 bits per heavy atom. The number of hydrogen-bond donors (Lipinski definition) is 0. The van der Waals surface area contributed by atoms with Crippen molar-refractivity contribution in [3.05, 3.63) is 58.9 Å². The number of ether oxygens (including phenoxy) is 3. The summed E-state index contributed by atoms with van der Waals surface area (Å²) in [4.78, 5) is 16.2. The van der Waals surface area contributed by atoms with Crippen molar-refractivity contribution in [2.24, 2.45) is 0 Å². The van der Waals surface area contributed by atoms with E-state index in [-0.39, 0.29) is 18.9 Å². The van der Waals surface area contributed by atoms with Gasteiger partial charge in [-0.05, 0) is 23.8 Å². The molecule has 0 aliphatic rings. The van der Waals surface area contributed by atoms with Gasteiger partial charge in [0.1, 0.15) is 11.5 Å². The van der Waals surface area contributed by atoms with Crippen molar-refractivity contribution in [1.82, 2.24) is 10.1 Å². The SMILES string of the molecule is COc1ccc(-c2noc(COC(=O)Cc3ccccc3Cl)n2)c(OC)c1. The molecule has 0 saturated carbocycles. The Labute approximate surface area is 160 Å². The van der Waals surface area contributed by atoms with Crippen LogP contribution in [0.25, 0.3) is 11.4 Å². The minimum Gasteiger partial charge on any atom is -0.497 e. The summed E-state index contributed by atoms with van der Waals surface area (Å²) < 4.78 is 20.8. The second kappa shape index (κ2) is 8.55. The van der Waals surface area contributed by atoms with Crippen molar-refractivity contribution >= 4 is 17.6 Å². The van der Waals surface area contributed by atoms with E-state index in [1.54, 1.807) is 49.6 Å². The molecule has 0 aliphatic carbocycles. The summed E-state index contributed by atoms with van der Waals surface area (Å²) in [5.74, 6) is 1.25. The van der Waals surface area contributed by atoms with Gasteiger partial charge in [-0.25, -0.2) is 0 Å². The summed E-state index contributed by atoms with van der Waals surface area (Å²) in [6.07, 6.45) is 0.0625. The number of halogens is 1. The number of carbonyl (C=O) groups excluding carboxylic acids is 1. The fraction of sp³-hybridized carbons (Fsp3) is 0.211. The summed E-state index contributed by atoms with van der Waals surface area (Å²) in [5, 5.41) is 4.42. The Hall–Kier alpha value is -3.06. The average Bonchev–Trinajstić information content (AvgIpc) is 3.16. The fourth-order valence-electron chi connectivity index (χ4n) is 2.40. The van der Waals surface area contributed by atoms with Gasteiger partial charge in [-0.1, -0.05) is 35.0 Å². The molecule has 0 spiro atoms. The lowest BCUT2D eigenvalue weighted by atomic mass is 10.1. The molecule has 0 bridgehead atoms. The highest BCUT2D eigenvalue weighted by atomic mass is 35.5. The number of carbonyl (C=O) groups is 1. The van der Waals surface area contributed by atoms with Gasteiger partial charge in [-0.15, -0.1) is 0 Å². The molecule has 3 aromatic rings. The van der Waals surface area contributed by atoms with Crippen LogP contribution in [0.15, 0.2) is 47.0 Å². The highest BCUT2D eigenvalue weighted by Crippen LogP contribution is 2.31. The van der Waals surface area contributed by atoms with Crippen LogP contribution in [0.1, 0.15) is 11.5 Å². The molecular formula is C19H17ClN2O5. The zero-order valence-corrected chi connectivity index (χ0v) is 15.5. The Kier molecular flexibility index (Phi) is 5.93. The Morgan fingerprint density at radius 2 is 1.96 bits per heavy atom. The first-order valence-electron chi connectivity index (χ1n) is 8.04. The summed E-state index contributed by atoms with van der Waals surface area (Å²) in [7, 11) is 3.10. The summed E-state index contributed by atoms with van der Waals surface area (Å²) in [5.41, 5.74) is 1.33. The molecule has 140 valence electrons. The third kappa shape index (κ3) is 4.57. The van der Waals surface area contributed by atoms with E-state index in [1.807, 2.05) is 0 Å². The number of methoxy groups -OCH3 is 2. The van der Waals surface area contributed by atoms with Crippen LogP contribution in [0.2, 0.25) is 5.02 Å². The van der Waals surface area contributed by atoms with Crippen molar-refractivity contribution in [1.29, 1.82) is 0 Å². The minimum atomic E-state index is -0.440. The Bertz CT molecular complexity index is 941. The maximum absolute atomic E-state index is 12.0. The van der Waals surface area contributed by atoms with E-state index in [4.69, 9.17) is 30.3 Å². The number of rotatable bonds is 7. The molecule has 3 rings (SSSR count). The molecule has 0 saturated heterocycles. The lowest BCUT2D eigenvalue weighted by molar-refractivity contribution is -0.144. The Morgan fingerprint density at radius 1 is 1.15 bits per heavy atom. The van der Waals surface area contributed by atoms with Gasteiger partial charge in [0.05, 0.1) is 26.2 Å². The highest BCUT2D eigenvalue weighted by molar-refractivity contribution is 6.31. The highest BCUT2D eigenvalue weighted by Gasteiger charge is 2.16. The van der Waals surface area contributed by atoms with Gasteiger partial charge in [0.15, 0.2) is 6.61 Å². The predicted octanol–water partition coefficient (Wildman–Crippen LogP) is 3.69. The molecule has 8 heteroatoms. The Balaban J connectivity index is 1.65. The van der Waals surface area contributed by atoms with E-state index in [0.29, 0.717) is 33.5 Å². The fourth-order valence-corrected chi connectivity index (χ4v) is 2.60. The second-order valence-corrected chi connectivity index (χ2v) is 5.91. The summed E-state index contributed by atoms with van der Waals surface area (Å²) in [6, 6.07) is 12.3. The first-order chi connectivity index (χ1) is 13.1. The lowest BCUT2D eigenvalue weighted by Crippen LogP contribution is -2.08. The van der Waals surface area contributed by atoms with E-state index in [9.17, 15) is 4.79 Å². The van der Waals surface area contributed by atoms with E-state index in [2.05, 4.69) is 10.1 Å². The zero-order chi connectivity index (χ0) is 19.2. The zero-order valence-electron chi connectivity index (χ0n) is 14.8. The molecule has 0 atom stereocenters. The monoisotopic (exact) mass is 388 g/mol. The molecule has 0 N–H and O–H groups in total. The van der Waals surface area contributed by atoms with Crippen molar-refractivity contribution in [3.8, 4) is 22.9 Å². The number of aromatic nitrogens is 2. The van der Waals surface area contributed by atoms with Crippen LogP contribution in [0.3, 0.4) is 0 Å². The van der Waals surface area contributed by atoms with Crippen molar-refractivity contribution in [2.75, 3.05) is 14.2 Å². The molecule has 0 amide bonds. The third-order valence-electron chi connectivity index (χ3n) is 3.77. The van der Waals surface area contributed by atoms with Crippen molar-refractivity contribution in [2.45, 2.75) is 13.0 Å². The molecule has 7 nitrogen and oxygen atoms in total. The quantitative estimate of drug-likeness (QED) is 0.570. The molecule has 0 fully saturated rings. The smallest absolute Gasteiger partial charge is 0.310 e. The minimum absolute atomic E-state index is 0.0625. The standard InChI is InChI=1S/C19H17ClN2O5/c1-24-13-7-8-14(16(10-13)25-2)19-21-17(27-22-19)11-26-18(23)9-12-5-3-4-6-15(12)20/h3-8,10H,9,11H2,1-2H3. The van der Waals surface area contributed by atoms with Crippen LogP contribution in [0.4, 0.5) is 0 Å². The summed E-state index contributed by atoms with van der Waals surface area (Å²) in [6.45, 7) is -0.130. The van der Waals surface area contributed by atoms with Gasteiger partial charge < -0.3 is 18.7 Å². The number of esters is 1. The maximum atomic E-state index is 12.0. The van der Waals surface area contributed by atoms with Crippen LogP contribution < -0.4 is 9.47 Å². The predicted molar refractivity (Wildman–Crippen MR) is 97.8 cm³/mol. The van der Waals surface area contributed by atoms with Crippen LogP contribution in [-0.4, -0.2) is 30.3 Å². The largest absolute Gasteiger partial charge is 0.497 e. The molecule has 1 aromatic heterocycles. The van der Waals surface area contributed by atoms with E-state index < -0.39 is 5.97 Å². The first kappa shape index (κ1) is 18.7. The average molecular weight is 389 g/mol. The molecule has 2 aromatic carbocycles.